The number of aryl methyl sites for hydroxylation is 2. The summed E-state index contributed by atoms with van der Waals surface area (Å²) in [7, 11) is 0. The standard InChI is InChI=1S/C34H32O9/c1-4-5-6-7-21(28-24(37)10-17(3)11-27(28)43-20-9-16(2)8-18(35)12-20)29-26(39)15-23-31(33(29)41)34(42)30-22(32(23)40)13-19(36)14-25(30)38/h8-15,21,35-39,41H,4-7H2,1-3H3/t21-/m0/s1. The Balaban J connectivity index is 1.73. The number of fused-ring (bicyclic) bond motifs is 2. The molecule has 0 fully saturated rings. The number of hydrogen-bond acceptors (Lipinski definition) is 9. The van der Waals surface area contributed by atoms with Gasteiger partial charge in [-0.05, 0) is 67.8 Å². The van der Waals surface area contributed by atoms with E-state index in [2.05, 4.69) is 0 Å². The highest BCUT2D eigenvalue weighted by molar-refractivity contribution is 6.30. The highest BCUT2D eigenvalue weighted by Crippen LogP contribution is 2.51. The third kappa shape index (κ3) is 5.30. The molecule has 1 aliphatic carbocycles. The molecule has 1 atom stereocenters. The van der Waals surface area contributed by atoms with Crippen LogP contribution in [0.25, 0.3) is 0 Å². The van der Waals surface area contributed by atoms with Crippen LogP contribution in [0.3, 0.4) is 0 Å². The van der Waals surface area contributed by atoms with Gasteiger partial charge in [0.25, 0.3) is 0 Å². The van der Waals surface area contributed by atoms with Crippen molar-refractivity contribution in [3.63, 3.8) is 0 Å². The molecular formula is C34H32O9. The molecule has 0 aromatic heterocycles. The van der Waals surface area contributed by atoms with Crippen LogP contribution in [0.1, 0.15) is 92.6 Å². The number of unbranched alkanes of at least 4 members (excludes halogenated alkanes) is 2. The Morgan fingerprint density at radius 3 is 2.00 bits per heavy atom. The van der Waals surface area contributed by atoms with Gasteiger partial charge in [-0.15, -0.1) is 0 Å². The highest BCUT2D eigenvalue weighted by atomic mass is 16.5. The van der Waals surface area contributed by atoms with Crippen molar-refractivity contribution in [3.8, 4) is 46.0 Å². The van der Waals surface area contributed by atoms with Crippen molar-refractivity contribution in [2.75, 3.05) is 0 Å². The molecule has 0 spiro atoms. The van der Waals surface area contributed by atoms with Crippen LogP contribution in [-0.4, -0.2) is 42.2 Å². The topological polar surface area (TPSA) is 165 Å². The molecular weight excluding hydrogens is 552 g/mol. The van der Waals surface area contributed by atoms with Crippen molar-refractivity contribution >= 4 is 11.6 Å². The third-order valence-electron chi connectivity index (χ3n) is 7.69. The molecule has 0 saturated carbocycles. The maximum absolute atomic E-state index is 13.6. The highest BCUT2D eigenvalue weighted by Gasteiger charge is 2.39. The van der Waals surface area contributed by atoms with E-state index in [0.717, 1.165) is 36.6 Å². The Morgan fingerprint density at radius 2 is 1.30 bits per heavy atom. The second-order valence-corrected chi connectivity index (χ2v) is 11.0. The van der Waals surface area contributed by atoms with Crippen molar-refractivity contribution in [1.82, 2.24) is 0 Å². The predicted molar refractivity (Wildman–Crippen MR) is 158 cm³/mol. The quantitative estimate of drug-likeness (QED) is 0.107. The Kier molecular flexibility index (Phi) is 7.67. The number of carbonyl (C=O) groups excluding carboxylic acids is 2. The minimum Gasteiger partial charge on any atom is -0.508 e. The second kappa shape index (κ2) is 11.2. The van der Waals surface area contributed by atoms with Gasteiger partial charge < -0.3 is 35.4 Å². The molecule has 0 radical (unpaired) electrons. The first-order chi connectivity index (χ1) is 20.4. The first kappa shape index (κ1) is 29.3. The summed E-state index contributed by atoms with van der Waals surface area (Å²) in [5, 5.41) is 64.7. The van der Waals surface area contributed by atoms with Gasteiger partial charge in [0.15, 0.2) is 5.78 Å². The summed E-state index contributed by atoms with van der Waals surface area (Å²) in [6, 6.07) is 11.0. The van der Waals surface area contributed by atoms with E-state index in [-0.39, 0.29) is 45.1 Å². The van der Waals surface area contributed by atoms with E-state index in [4.69, 9.17) is 4.74 Å². The lowest BCUT2D eigenvalue weighted by Gasteiger charge is -2.27. The Morgan fingerprint density at radius 1 is 0.651 bits per heavy atom. The second-order valence-electron chi connectivity index (χ2n) is 11.0. The maximum Gasteiger partial charge on any atom is 0.201 e. The van der Waals surface area contributed by atoms with Gasteiger partial charge >= 0.3 is 0 Å². The fourth-order valence-corrected chi connectivity index (χ4v) is 5.85. The molecule has 0 unspecified atom stereocenters. The summed E-state index contributed by atoms with van der Waals surface area (Å²) in [6.07, 6.45) is 2.58. The molecule has 4 aromatic rings. The number of phenols is 6. The molecule has 0 heterocycles. The number of aromatic hydroxyl groups is 6. The molecule has 6 N–H and O–H groups in total. The van der Waals surface area contributed by atoms with Crippen LogP contribution in [0, 0.1) is 13.8 Å². The average molecular weight is 585 g/mol. The molecule has 43 heavy (non-hydrogen) atoms. The maximum atomic E-state index is 13.6. The summed E-state index contributed by atoms with van der Waals surface area (Å²) in [5.41, 5.74) is 0.233. The summed E-state index contributed by atoms with van der Waals surface area (Å²) in [4.78, 5) is 27.0. The molecule has 0 aliphatic heterocycles. The summed E-state index contributed by atoms with van der Waals surface area (Å²) < 4.78 is 6.18. The fourth-order valence-electron chi connectivity index (χ4n) is 5.85. The monoisotopic (exact) mass is 584 g/mol. The van der Waals surface area contributed by atoms with E-state index in [1.165, 1.54) is 12.1 Å². The van der Waals surface area contributed by atoms with E-state index < -0.39 is 46.0 Å². The number of ether oxygens (including phenoxy) is 1. The number of benzene rings is 4. The molecule has 5 rings (SSSR count). The number of rotatable bonds is 8. The van der Waals surface area contributed by atoms with E-state index in [1.807, 2.05) is 6.92 Å². The SMILES string of the molecule is CCCCC[C@@H](c1c(O)cc(C)cc1Oc1cc(C)cc(O)c1)c1c(O)cc2c(c1O)C(=O)c1c(O)cc(O)cc1C2=O. The molecule has 222 valence electrons. The van der Waals surface area contributed by atoms with Gasteiger partial charge in [-0.1, -0.05) is 26.2 Å². The Labute approximate surface area is 247 Å². The fraction of sp³-hybridized carbons (Fsp3) is 0.235. The van der Waals surface area contributed by atoms with Crippen molar-refractivity contribution < 1.29 is 45.0 Å². The summed E-state index contributed by atoms with van der Waals surface area (Å²) in [6.45, 7) is 5.56. The molecule has 4 aromatic carbocycles. The largest absolute Gasteiger partial charge is 0.508 e. The molecule has 9 nitrogen and oxygen atoms in total. The smallest absolute Gasteiger partial charge is 0.201 e. The molecule has 0 amide bonds. The van der Waals surface area contributed by atoms with Crippen LogP contribution in [-0.2, 0) is 0 Å². The van der Waals surface area contributed by atoms with Gasteiger partial charge in [-0.2, -0.15) is 0 Å². The van der Waals surface area contributed by atoms with Crippen molar-refractivity contribution in [1.29, 1.82) is 0 Å². The van der Waals surface area contributed by atoms with Gasteiger partial charge in [0, 0.05) is 40.3 Å². The lowest BCUT2D eigenvalue weighted by molar-refractivity contribution is 0.0973. The zero-order valence-electron chi connectivity index (χ0n) is 23.9. The minimum absolute atomic E-state index is 0.0158. The number of phenolic OH excluding ortho intramolecular Hbond substituents is 6. The first-order valence-electron chi connectivity index (χ1n) is 14.0. The lowest BCUT2D eigenvalue weighted by atomic mass is 9.78. The molecule has 0 saturated heterocycles. The van der Waals surface area contributed by atoms with Gasteiger partial charge in [0.2, 0.25) is 5.78 Å². The predicted octanol–water partition coefficient (Wildman–Crippen LogP) is 6.82. The Bertz CT molecular complexity index is 1770. The van der Waals surface area contributed by atoms with Gasteiger partial charge in [0.05, 0.1) is 11.1 Å². The molecule has 9 heteroatoms. The van der Waals surface area contributed by atoms with Crippen LogP contribution < -0.4 is 4.74 Å². The van der Waals surface area contributed by atoms with Gasteiger partial charge in [-0.3, -0.25) is 9.59 Å². The Hall–Kier alpha value is -5.18. The molecule has 0 bridgehead atoms. The number of ketones is 2. The summed E-state index contributed by atoms with van der Waals surface area (Å²) >= 11 is 0. The van der Waals surface area contributed by atoms with Crippen LogP contribution in [0.5, 0.6) is 46.0 Å². The van der Waals surface area contributed by atoms with E-state index >= 15 is 0 Å². The third-order valence-corrected chi connectivity index (χ3v) is 7.69. The van der Waals surface area contributed by atoms with Gasteiger partial charge in [-0.25, -0.2) is 0 Å². The number of hydrogen-bond donors (Lipinski definition) is 6. The van der Waals surface area contributed by atoms with E-state index in [9.17, 15) is 40.2 Å². The minimum atomic E-state index is -0.899. The van der Waals surface area contributed by atoms with Gasteiger partial charge in [0.1, 0.15) is 46.0 Å². The normalized spacial score (nSPS) is 13.0. The summed E-state index contributed by atoms with van der Waals surface area (Å²) in [5.74, 6) is -4.39. The van der Waals surface area contributed by atoms with Crippen LogP contribution in [0.4, 0.5) is 0 Å². The zero-order valence-corrected chi connectivity index (χ0v) is 23.9. The zero-order chi connectivity index (χ0) is 31.2. The van der Waals surface area contributed by atoms with Crippen molar-refractivity contribution in [2.45, 2.75) is 52.4 Å². The van der Waals surface area contributed by atoms with Crippen LogP contribution >= 0.6 is 0 Å². The van der Waals surface area contributed by atoms with E-state index in [0.29, 0.717) is 24.2 Å². The average Bonchev–Trinajstić information content (AvgIpc) is 2.89. The first-order valence-corrected chi connectivity index (χ1v) is 14.0. The lowest BCUT2D eigenvalue weighted by Crippen LogP contribution is -2.22. The van der Waals surface area contributed by atoms with Crippen molar-refractivity contribution in [2.24, 2.45) is 0 Å². The van der Waals surface area contributed by atoms with Crippen LogP contribution in [0.15, 0.2) is 48.5 Å². The number of carbonyl (C=O) groups is 2. The van der Waals surface area contributed by atoms with E-state index in [1.54, 1.807) is 32.0 Å². The van der Waals surface area contributed by atoms with Crippen molar-refractivity contribution in [3.05, 3.63) is 93.0 Å². The molecule has 1 aliphatic rings. The van der Waals surface area contributed by atoms with Crippen LogP contribution in [0.2, 0.25) is 0 Å².